The van der Waals surface area contributed by atoms with Crippen molar-refractivity contribution in [2.75, 3.05) is 36.2 Å². The topological polar surface area (TPSA) is 62.3 Å². The Bertz CT molecular complexity index is 595. The molecule has 5 nitrogen and oxygen atoms in total. The van der Waals surface area contributed by atoms with Gasteiger partial charge in [0, 0.05) is 37.4 Å². The number of sulfone groups is 1. The van der Waals surface area contributed by atoms with Gasteiger partial charge in [0.15, 0.2) is 9.84 Å². The summed E-state index contributed by atoms with van der Waals surface area (Å²) >= 11 is 7.88. The summed E-state index contributed by atoms with van der Waals surface area (Å²) in [5.74, 6) is 2.29. The van der Waals surface area contributed by atoms with Gasteiger partial charge in [0.2, 0.25) is 0 Å². The van der Waals surface area contributed by atoms with Crippen molar-refractivity contribution in [3.63, 3.8) is 0 Å². The molecule has 1 unspecified atom stereocenters. The molecular weight excluding hydrogens is 330 g/mol. The summed E-state index contributed by atoms with van der Waals surface area (Å²) in [5.41, 5.74) is 0.718. The first kappa shape index (κ1) is 16.9. The van der Waals surface area contributed by atoms with Gasteiger partial charge in [-0.15, -0.1) is 0 Å². The van der Waals surface area contributed by atoms with E-state index in [1.165, 1.54) is 6.26 Å². The number of anilines is 1. The first-order chi connectivity index (χ1) is 9.91. The Kier molecular flexibility index (Phi) is 5.76. The molecular formula is C13H20ClN3O2S2. The summed E-state index contributed by atoms with van der Waals surface area (Å²) in [6, 6.07) is 3.63. The zero-order valence-electron chi connectivity index (χ0n) is 12.2. The molecule has 1 aliphatic rings. The lowest BCUT2D eigenvalue weighted by atomic mass is 10.3. The number of rotatable bonds is 5. The van der Waals surface area contributed by atoms with Crippen molar-refractivity contribution < 1.29 is 8.42 Å². The van der Waals surface area contributed by atoms with Gasteiger partial charge >= 0.3 is 0 Å². The van der Waals surface area contributed by atoms with Crippen LogP contribution in [0.15, 0.2) is 12.1 Å². The van der Waals surface area contributed by atoms with Crippen LogP contribution in [-0.4, -0.2) is 54.5 Å². The maximum absolute atomic E-state index is 11.9. The Balaban J connectivity index is 2.21. The summed E-state index contributed by atoms with van der Waals surface area (Å²) in [7, 11) is -3.11. The predicted octanol–water partition coefficient (Wildman–Crippen LogP) is 2.09. The number of hydrogen-bond donors (Lipinski definition) is 1. The summed E-state index contributed by atoms with van der Waals surface area (Å²) < 4.78 is 23.8. The van der Waals surface area contributed by atoms with Crippen LogP contribution in [0.25, 0.3) is 0 Å². The molecule has 0 aliphatic carbocycles. The molecule has 0 radical (unpaired) electrons. The monoisotopic (exact) mass is 349 g/mol. The van der Waals surface area contributed by atoms with E-state index in [1.54, 1.807) is 17.8 Å². The minimum Gasteiger partial charge on any atom is -0.370 e. The average molecular weight is 350 g/mol. The Hall–Kier alpha value is -0.500. The van der Waals surface area contributed by atoms with Gasteiger partial charge in [-0.3, -0.25) is 4.90 Å². The summed E-state index contributed by atoms with van der Waals surface area (Å²) in [5, 5.41) is 3.25. The van der Waals surface area contributed by atoms with Gasteiger partial charge in [-0.2, -0.15) is 11.8 Å². The Morgan fingerprint density at radius 3 is 2.95 bits per heavy atom. The van der Waals surface area contributed by atoms with Crippen LogP contribution in [0.1, 0.15) is 12.6 Å². The van der Waals surface area contributed by atoms with E-state index >= 15 is 0 Å². The molecule has 1 aromatic rings. The van der Waals surface area contributed by atoms with Crippen molar-refractivity contribution in [2.45, 2.75) is 18.8 Å². The molecule has 8 heteroatoms. The van der Waals surface area contributed by atoms with E-state index in [1.807, 2.05) is 17.9 Å². The largest absolute Gasteiger partial charge is 0.370 e. The molecule has 2 rings (SSSR count). The predicted molar refractivity (Wildman–Crippen MR) is 89.8 cm³/mol. The van der Waals surface area contributed by atoms with Crippen molar-refractivity contribution in [3.05, 3.63) is 22.8 Å². The molecule has 1 aliphatic heterocycles. The van der Waals surface area contributed by atoms with E-state index in [-0.39, 0.29) is 0 Å². The molecule has 0 amide bonds. The highest BCUT2D eigenvalue weighted by molar-refractivity contribution is 8.00. The standard InChI is InChI=1S/C13H20ClN3O2S2/c1-3-15-12-5-4-10(14)11(16-12)8-17-6-7-20-9-13(17)21(2,18)19/h4-5,13H,3,6-9H2,1-2H3,(H,15,16). The maximum Gasteiger partial charge on any atom is 0.164 e. The minimum atomic E-state index is -3.11. The van der Waals surface area contributed by atoms with Gasteiger partial charge < -0.3 is 5.32 Å². The third kappa shape index (κ3) is 4.48. The highest BCUT2D eigenvalue weighted by Crippen LogP contribution is 2.25. The second-order valence-corrected chi connectivity index (χ2v) is 8.75. The fourth-order valence-electron chi connectivity index (χ4n) is 2.26. The number of nitrogens with one attached hydrogen (secondary N) is 1. The van der Waals surface area contributed by atoms with Crippen LogP contribution in [0.4, 0.5) is 5.82 Å². The van der Waals surface area contributed by atoms with E-state index < -0.39 is 15.2 Å². The highest BCUT2D eigenvalue weighted by atomic mass is 35.5. The van der Waals surface area contributed by atoms with Gasteiger partial charge in [0.05, 0.1) is 10.7 Å². The quantitative estimate of drug-likeness (QED) is 0.878. The summed E-state index contributed by atoms with van der Waals surface area (Å²) in [6.45, 7) is 3.96. The van der Waals surface area contributed by atoms with Crippen LogP contribution in [0, 0.1) is 0 Å². The molecule has 1 atom stereocenters. The van der Waals surface area contributed by atoms with Crippen molar-refractivity contribution in [1.82, 2.24) is 9.88 Å². The molecule has 0 aromatic carbocycles. The zero-order valence-corrected chi connectivity index (χ0v) is 14.6. The lowest BCUT2D eigenvalue weighted by Gasteiger charge is -2.33. The summed E-state index contributed by atoms with van der Waals surface area (Å²) in [4.78, 5) is 6.44. The SMILES string of the molecule is CCNc1ccc(Cl)c(CN2CCSCC2S(C)(=O)=O)n1. The average Bonchev–Trinajstić information content (AvgIpc) is 2.42. The third-order valence-electron chi connectivity index (χ3n) is 3.31. The Morgan fingerprint density at radius 1 is 1.52 bits per heavy atom. The van der Waals surface area contributed by atoms with E-state index in [9.17, 15) is 8.42 Å². The number of halogens is 1. The molecule has 118 valence electrons. The van der Waals surface area contributed by atoms with Crippen LogP contribution < -0.4 is 5.32 Å². The molecule has 2 heterocycles. The molecule has 0 saturated carbocycles. The first-order valence-electron chi connectivity index (χ1n) is 6.81. The van der Waals surface area contributed by atoms with E-state index in [0.29, 0.717) is 17.3 Å². The van der Waals surface area contributed by atoms with Gasteiger partial charge in [0.1, 0.15) is 11.2 Å². The molecule has 1 fully saturated rings. The minimum absolute atomic E-state index is 0.455. The molecule has 1 aromatic heterocycles. The van der Waals surface area contributed by atoms with Crippen LogP contribution in [0.5, 0.6) is 0 Å². The van der Waals surface area contributed by atoms with E-state index in [0.717, 1.165) is 30.4 Å². The second kappa shape index (κ2) is 7.17. The van der Waals surface area contributed by atoms with Gasteiger partial charge in [-0.05, 0) is 19.1 Å². The van der Waals surface area contributed by atoms with Gasteiger partial charge in [-0.25, -0.2) is 13.4 Å². The third-order valence-corrected chi connectivity index (χ3v) is 6.35. The van der Waals surface area contributed by atoms with Crippen LogP contribution in [0.3, 0.4) is 0 Å². The number of pyridine rings is 1. The maximum atomic E-state index is 11.9. The molecule has 0 bridgehead atoms. The van der Waals surface area contributed by atoms with Gasteiger partial charge in [-0.1, -0.05) is 11.6 Å². The van der Waals surface area contributed by atoms with E-state index in [2.05, 4.69) is 10.3 Å². The number of thioether (sulfide) groups is 1. The lowest BCUT2D eigenvalue weighted by Crippen LogP contribution is -2.46. The molecule has 0 spiro atoms. The van der Waals surface area contributed by atoms with Crippen LogP contribution >= 0.6 is 23.4 Å². The number of hydrogen-bond acceptors (Lipinski definition) is 6. The second-order valence-electron chi connectivity index (χ2n) is 4.98. The Labute approximate surface area is 135 Å². The Morgan fingerprint density at radius 2 is 2.29 bits per heavy atom. The number of nitrogens with zero attached hydrogens (tertiary/aromatic N) is 2. The summed E-state index contributed by atoms with van der Waals surface area (Å²) in [6.07, 6.45) is 1.29. The number of aromatic nitrogens is 1. The molecule has 1 saturated heterocycles. The fourth-order valence-corrected chi connectivity index (χ4v) is 5.36. The molecule has 21 heavy (non-hydrogen) atoms. The smallest absolute Gasteiger partial charge is 0.164 e. The lowest BCUT2D eigenvalue weighted by molar-refractivity contribution is 0.259. The highest BCUT2D eigenvalue weighted by Gasteiger charge is 2.31. The molecule has 1 N–H and O–H groups in total. The van der Waals surface area contributed by atoms with Gasteiger partial charge in [0.25, 0.3) is 0 Å². The normalized spacial score (nSPS) is 20.4. The van der Waals surface area contributed by atoms with Crippen molar-refractivity contribution in [1.29, 1.82) is 0 Å². The zero-order chi connectivity index (χ0) is 15.5. The van der Waals surface area contributed by atoms with Crippen molar-refractivity contribution >= 4 is 39.0 Å². The fraction of sp³-hybridized carbons (Fsp3) is 0.615. The first-order valence-corrected chi connectivity index (χ1v) is 10.3. The van der Waals surface area contributed by atoms with Crippen molar-refractivity contribution in [2.24, 2.45) is 0 Å². The van der Waals surface area contributed by atoms with Crippen molar-refractivity contribution in [3.8, 4) is 0 Å². The van der Waals surface area contributed by atoms with E-state index in [4.69, 9.17) is 11.6 Å². The van der Waals surface area contributed by atoms with Crippen LogP contribution in [0.2, 0.25) is 5.02 Å². The van der Waals surface area contributed by atoms with Crippen LogP contribution in [-0.2, 0) is 16.4 Å².